The zero-order valence-corrected chi connectivity index (χ0v) is 15.9. The van der Waals surface area contributed by atoms with Crippen molar-refractivity contribution < 1.29 is 12.8 Å². The van der Waals surface area contributed by atoms with Gasteiger partial charge in [0.1, 0.15) is 10.7 Å². The number of rotatable bonds is 3. The molecule has 6 nitrogen and oxygen atoms in total. The van der Waals surface area contributed by atoms with Gasteiger partial charge in [-0.15, -0.1) is 0 Å². The van der Waals surface area contributed by atoms with E-state index in [2.05, 4.69) is 10.4 Å². The summed E-state index contributed by atoms with van der Waals surface area (Å²) >= 11 is 0. The normalized spacial score (nSPS) is 26.4. The highest BCUT2D eigenvalue weighted by Gasteiger charge is 2.50. The van der Waals surface area contributed by atoms with Crippen molar-refractivity contribution in [1.29, 1.82) is 0 Å². The maximum Gasteiger partial charge on any atom is 0.247 e. The molecule has 3 atom stereocenters. The van der Waals surface area contributed by atoms with E-state index in [1.807, 2.05) is 6.07 Å². The first-order valence-electron chi connectivity index (χ1n) is 8.79. The highest BCUT2D eigenvalue weighted by atomic mass is 32.2. The molecule has 0 radical (unpaired) electrons. The number of benzene rings is 1. The predicted molar refractivity (Wildman–Crippen MR) is 95.6 cm³/mol. The number of hydrogen-bond acceptors (Lipinski definition) is 4. The van der Waals surface area contributed by atoms with E-state index in [9.17, 15) is 12.8 Å². The summed E-state index contributed by atoms with van der Waals surface area (Å²) in [6, 6.07) is 5.94. The van der Waals surface area contributed by atoms with Crippen LogP contribution in [0.3, 0.4) is 0 Å². The molecule has 1 aromatic heterocycles. The van der Waals surface area contributed by atoms with Gasteiger partial charge in [-0.2, -0.15) is 9.40 Å². The third-order valence-electron chi connectivity index (χ3n) is 5.72. The van der Waals surface area contributed by atoms with Crippen molar-refractivity contribution in [2.24, 2.45) is 18.9 Å². The Morgan fingerprint density at radius 3 is 2.69 bits per heavy atom. The molecule has 2 saturated heterocycles. The summed E-state index contributed by atoms with van der Waals surface area (Å²) in [5, 5.41) is 7.62. The molecule has 1 aromatic carbocycles. The van der Waals surface area contributed by atoms with Gasteiger partial charge in [0.05, 0.1) is 17.4 Å². The molecule has 8 heteroatoms. The van der Waals surface area contributed by atoms with E-state index in [1.54, 1.807) is 35.9 Å². The molecule has 0 saturated carbocycles. The Bertz CT molecular complexity index is 956. The van der Waals surface area contributed by atoms with Crippen LogP contribution in [0.1, 0.15) is 23.0 Å². The SMILES string of the molecule is Cc1nn(C)c(C)c1S(=O)(=O)N1C[C@@H]2CNC[C@@H]2[C@H]1c1cccc(F)c1. The van der Waals surface area contributed by atoms with E-state index in [4.69, 9.17) is 0 Å². The molecule has 0 aliphatic carbocycles. The molecule has 1 N–H and O–H groups in total. The van der Waals surface area contributed by atoms with Gasteiger partial charge in [-0.1, -0.05) is 12.1 Å². The lowest BCUT2D eigenvalue weighted by molar-refractivity contribution is 0.344. The molecule has 4 rings (SSSR count). The van der Waals surface area contributed by atoms with Crippen molar-refractivity contribution in [1.82, 2.24) is 19.4 Å². The van der Waals surface area contributed by atoms with Crippen molar-refractivity contribution in [2.45, 2.75) is 24.8 Å². The molecule has 0 amide bonds. The van der Waals surface area contributed by atoms with Crippen molar-refractivity contribution in [2.75, 3.05) is 19.6 Å². The number of aromatic nitrogens is 2. The quantitative estimate of drug-likeness (QED) is 0.884. The van der Waals surface area contributed by atoms with Crippen LogP contribution in [-0.2, 0) is 17.1 Å². The molecular weight excluding hydrogens is 355 g/mol. The fourth-order valence-electron chi connectivity index (χ4n) is 4.48. The first kappa shape index (κ1) is 17.6. The third-order valence-corrected chi connectivity index (χ3v) is 7.82. The molecule has 140 valence electrons. The number of nitrogens with zero attached hydrogens (tertiary/aromatic N) is 3. The van der Waals surface area contributed by atoms with Crippen molar-refractivity contribution in [3.05, 3.63) is 47.0 Å². The number of aryl methyl sites for hydroxylation is 2. The second kappa shape index (κ2) is 6.14. The Morgan fingerprint density at radius 1 is 1.27 bits per heavy atom. The Kier molecular flexibility index (Phi) is 4.17. The van der Waals surface area contributed by atoms with E-state index >= 15 is 0 Å². The van der Waals surface area contributed by atoms with Gasteiger partial charge >= 0.3 is 0 Å². The van der Waals surface area contributed by atoms with Crippen LogP contribution < -0.4 is 5.32 Å². The summed E-state index contributed by atoms with van der Waals surface area (Å²) in [5.41, 5.74) is 1.83. The van der Waals surface area contributed by atoms with Crippen molar-refractivity contribution in [3.8, 4) is 0 Å². The molecule has 2 aliphatic heterocycles. The second-order valence-electron chi connectivity index (χ2n) is 7.28. The number of fused-ring (bicyclic) bond motifs is 1. The van der Waals surface area contributed by atoms with Gasteiger partial charge in [-0.05, 0) is 49.9 Å². The number of sulfonamides is 1. The van der Waals surface area contributed by atoms with Gasteiger partial charge in [-0.3, -0.25) is 4.68 Å². The minimum atomic E-state index is -3.73. The van der Waals surface area contributed by atoms with Gasteiger partial charge in [0, 0.05) is 20.1 Å². The van der Waals surface area contributed by atoms with Crippen LogP contribution >= 0.6 is 0 Å². The van der Waals surface area contributed by atoms with Gasteiger partial charge in [0.2, 0.25) is 10.0 Å². The van der Waals surface area contributed by atoms with E-state index in [0.29, 0.717) is 23.5 Å². The Morgan fingerprint density at radius 2 is 2.04 bits per heavy atom. The molecule has 2 fully saturated rings. The van der Waals surface area contributed by atoms with Crippen LogP contribution in [0.4, 0.5) is 4.39 Å². The minimum Gasteiger partial charge on any atom is -0.316 e. The van der Waals surface area contributed by atoms with Gasteiger partial charge in [0.25, 0.3) is 0 Å². The number of hydrogen-bond donors (Lipinski definition) is 1. The summed E-state index contributed by atoms with van der Waals surface area (Å²) in [5.74, 6) is 0.0298. The minimum absolute atomic E-state index is 0.142. The van der Waals surface area contributed by atoms with Crippen LogP contribution in [0, 0.1) is 31.5 Å². The Hall–Kier alpha value is -1.77. The van der Waals surface area contributed by atoms with Gasteiger partial charge < -0.3 is 5.32 Å². The zero-order valence-electron chi connectivity index (χ0n) is 15.1. The van der Waals surface area contributed by atoms with Crippen LogP contribution in [-0.4, -0.2) is 42.1 Å². The fraction of sp³-hybridized carbons (Fsp3) is 0.500. The molecule has 0 unspecified atom stereocenters. The van der Waals surface area contributed by atoms with E-state index < -0.39 is 10.0 Å². The first-order chi connectivity index (χ1) is 12.3. The lowest BCUT2D eigenvalue weighted by Gasteiger charge is -2.28. The van der Waals surface area contributed by atoms with Gasteiger partial charge in [-0.25, -0.2) is 12.8 Å². The first-order valence-corrected chi connectivity index (χ1v) is 10.2. The lowest BCUT2D eigenvalue weighted by Crippen LogP contribution is -2.35. The maximum absolute atomic E-state index is 13.8. The van der Waals surface area contributed by atoms with Crippen LogP contribution in [0.25, 0.3) is 0 Å². The second-order valence-corrected chi connectivity index (χ2v) is 9.11. The topological polar surface area (TPSA) is 67.2 Å². The molecule has 0 bridgehead atoms. The van der Waals surface area contributed by atoms with Crippen LogP contribution in [0.5, 0.6) is 0 Å². The summed E-state index contributed by atoms with van der Waals surface area (Å²) < 4.78 is 44.1. The predicted octanol–water partition coefficient (Wildman–Crippen LogP) is 1.76. The fourth-order valence-corrected chi connectivity index (χ4v) is 6.60. The molecule has 3 heterocycles. The molecule has 2 aliphatic rings. The maximum atomic E-state index is 13.8. The van der Waals surface area contributed by atoms with Crippen molar-refractivity contribution >= 4 is 10.0 Å². The molecule has 2 aromatic rings. The van der Waals surface area contributed by atoms with E-state index in [0.717, 1.165) is 13.1 Å². The van der Waals surface area contributed by atoms with Crippen LogP contribution in [0.15, 0.2) is 29.2 Å². The smallest absolute Gasteiger partial charge is 0.247 e. The standard InChI is InChI=1S/C18H23FN4O2S/c1-11-18(12(2)22(3)21-11)26(24,25)23-10-14-8-20-9-16(14)17(23)13-5-4-6-15(19)7-13/h4-7,14,16-17,20H,8-10H2,1-3H3/t14-,16-,17+/m0/s1. The number of nitrogens with one attached hydrogen (secondary N) is 1. The molecular formula is C18H23FN4O2S. The zero-order chi connectivity index (χ0) is 18.6. The average Bonchev–Trinajstić information content (AvgIpc) is 3.21. The van der Waals surface area contributed by atoms with Gasteiger partial charge in [0.15, 0.2) is 0 Å². The highest BCUT2D eigenvalue weighted by molar-refractivity contribution is 7.89. The summed E-state index contributed by atoms with van der Waals surface area (Å²) in [7, 11) is -1.99. The summed E-state index contributed by atoms with van der Waals surface area (Å²) in [6.45, 7) is 5.45. The Balaban J connectivity index is 1.83. The van der Waals surface area contributed by atoms with E-state index in [-0.39, 0.29) is 28.6 Å². The highest BCUT2D eigenvalue weighted by Crippen LogP contribution is 2.46. The monoisotopic (exact) mass is 378 g/mol. The third kappa shape index (κ3) is 2.59. The largest absolute Gasteiger partial charge is 0.316 e. The van der Waals surface area contributed by atoms with Crippen LogP contribution in [0.2, 0.25) is 0 Å². The summed E-state index contributed by atoms with van der Waals surface area (Å²) in [4.78, 5) is 0.273. The number of halogens is 1. The summed E-state index contributed by atoms with van der Waals surface area (Å²) in [6.07, 6.45) is 0. The molecule has 0 spiro atoms. The van der Waals surface area contributed by atoms with E-state index in [1.165, 1.54) is 12.1 Å². The average molecular weight is 378 g/mol. The lowest BCUT2D eigenvalue weighted by atomic mass is 9.90. The Labute approximate surface area is 153 Å². The van der Waals surface area contributed by atoms with Crippen molar-refractivity contribution in [3.63, 3.8) is 0 Å². The molecule has 26 heavy (non-hydrogen) atoms.